The number of aliphatic hydroxyl groups is 1. The summed E-state index contributed by atoms with van der Waals surface area (Å²) in [5.74, 6) is 0.166. The van der Waals surface area contributed by atoms with Gasteiger partial charge < -0.3 is 25.0 Å². The molecule has 44 heavy (non-hydrogen) atoms. The van der Waals surface area contributed by atoms with Crippen molar-refractivity contribution in [1.82, 2.24) is 10.3 Å². The summed E-state index contributed by atoms with van der Waals surface area (Å²) < 4.78 is 11.9. The zero-order valence-electron chi connectivity index (χ0n) is 24.7. The number of hydrogen-bond acceptors (Lipinski definition) is 6. The van der Waals surface area contributed by atoms with Crippen LogP contribution in [0.2, 0.25) is 15.1 Å². The third-order valence-electron chi connectivity index (χ3n) is 7.68. The van der Waals surface area contributed by atoms with Crippen LogP contribution < -0.4 is 14.8 Å². The summed E-state index contributed by atoms with van der Waals surface area (Å²) in [6.07, 6.45) is 0.898. The van der Waals surface area contributed by atoms with Gasteiger partial charge in [0.15, 0.2) is 0 Å². The third kappa shape index (κ3) is 6.92. The standard InChI is InChI=1S/C34H33Cl3N2O5/c1-33(2)16-20(17-34(3,42)18-38-31(41)23-7-5-6-8-28(23)40)25-15-24(19-9-12-26(36)29(13-19)43-4)30(39-32(25)44-33)22-11-10-21(35)14-27(22)37/h5-15,20,40,42H,16-18H2,1-4H3,(H,38,41). The number of rotatable bonds is 8. The summed E-state index contributed by atoms with van der Waals surface area (Å²) in [6.45, 7) is 5.61. The van der Waals surface area contributed by atoms with E-state index in [-0.39, 0.29) is 23.8 Å². The Morgan fingerprint density at radius 3 is 2.52 bits per heavy atom. The van der Waals surface area contributed by atoms with Gasteiger partial charge in [-0.2, -0.15) is 0 Å². The molecule has 3 N–H and O–H groups in total. The smallest absolute Gasteiger partial charge is 0.255 e. The number of hydrogen-bond donors (Lipinski definition) is 3. The first kappa shape index (κ1) is 31.9. The molecule has 0 fully saturated rings. The number of phenolic OH excluding ortho intramolecular Hbond substituents is 1. The number of nitrogens with zero attached hydrogens (tertiary/aromatic N) is 1. The largest absolute Gasteiger partial charge is 0.507 e. The van der Waals surface area contributed by atoms with Crippen LogP contribution in [0.5, 0.6) is 17.4 Å². The number of methoxy groups -OCH3 is 1. The average Bonchev–Trinajstić information content (AvgIpc) is 2.95. The maximum atomic E-state index is 12.8. The van der Waals surface area contributed by atoms with Crippen molar-refractivity contribution in [3.8, 4) is 39.8 Å². The second-order valence-corrected chi connectivity index (χ2v) is 13.2. The number of benzene rings is 3. The van der Waals surface area contributed by atoms with E-state index in [0.717, 1.165) is 16.7 Å². The number of pyridine rings is 1. The molecule has 0 bridgehead atoms. The molecule has 1 aromatic heterocycles. The summed E-state index contributed by atoms with van der Waals surface area (Å²) in [5.41, 5.74) is 1.90. The fourth-order valence-electron chi connectivity index (χ4n) is 5.64. The molecule has 2 unspecified atom stereocenters. The van der Waals surface area contributed by atoms with Crippen molar-refractivity contribution < 1.29 is 24.5 Å². The van der Waals surface area contributed by atoms with E-state index in [9.17, 15) is 15.0 Å². The molecule has 10 heteroatoms. The topological polar surface area (TPSA) is 101 Å². The van der Waals surface area contributed by atoms with E-state index in [0.29, 0.717) is 50.8 Å². The second-order valence-electron chi connectivity index (χ2n) is 11.9. The number of aromatic hydroxyl groups is 1. The van der Waals surface area contributed by atoms with Crippen molar-refractivity contribution in [3.05, 3.63) is 92.9 Å². The first-order chi connectivity index (χ1) is 20.8. The third-order valence-corrected chi connectivity index (χ3v) is 8.54. The predicted molar refractivity (Wildman–Crippen MR) is 174 cm³/mol. The quantitative estimate of drug-likeness (QED) is 0.177. The maximum Gasteiger partial charge on any atom is 0.255 e. The van der Waals surface area contributed by atoms with Gasteiger partial charge in [-0.1, -0.05) is 53.0 Å². The molecule has 1 aliphatic heterocycles. The summed E-state index contributed by atoms with van der Waals surface area (Å²) in [6, 6.07) is 19.0. The zero-order valence-corrected chi connectivity index (χ0v) is 27.0. The number of carbonyl (C=O) groups is 1. The lowest BCUT2D eigenvalue weighted by atomic mass is 9.78. The monoisotopic (exact) mass is 654 g/mol. The Morgan fingerprint density at radius 1 is 1.07 bits per heavy atom. The van der Waals surface area contributed by atoms with Gasteiger partial charge in [-0.05, 0) is 93.6 Å². The highest BCUT2D eigenvalue weighted by Gasteiger charge is 2.39. The maximum absolute atomic E-state index is 12.8. The summed E-state index contributed by atoms with van der Waals surface area (Å²) >= 11 is 19.3. The highest BCUT2D eigenvalue weighted by molar-refractivity contribution is 6.36. The number of aromatic nitrogens is 1. The highest BCUT2D eigenvalue weighted by atomic mass is 35.5. The van der Waals surface area contributed by atoms with Crippen LogP contribution in [0.25, 0.3) is 22.4 Å². The van der Waals surface area contributed by atoms with Crippen molar-refractivity contribution in [2.75, 3.05) is 13.7 Å². The second kappa shape index (κ2) is 12.5. The van der Waals surface area contributed by atoms with E-state index < -0.39 is 17.1 Å². The highest BCUT2D eigenvalue weighted by Crippen LogP contribution is 2.48. The molecule has 1 amide bonds. The molecule has 0 saturated carbocycles. The molecule has 0 spiro atoms. The van der Waals surface area contributed by atoms with E-state index >= 15 is 0 Å². The van der Waals surface area contributed by atoms with Crippen LogP contribution in [-0.2, 0) is 0 Å². The molecule has 0 radical (unpaired) electrons. The first-order valence-corrected chi connectivity index (χ1v) is 15.2. The number of carbonyl (C=O) groups excluding carboxylic acids is 1. The van der Waals surface area contributed by atoms with Crippen molar-refractivity contribution >= 4 is 40.7 Å². The van der Waals surface area contributed by atoms with Crippen LogP contribution in [-0.4, -0.2) is 46.0 Å². The SMILES string of the molecule is COc1cc(-c2cc3c(nc2-c2ccc(Cl)cc2Cl)OC(C)(C)CC3CC(C)(O)CNC(=O)c2ccccc2O)ccc1Cl. The fourth-order valence-corrected chi connectivity index (χ4v) is 6.34. The molecule has 4 aromatic rings. The fraction of sp³-hybridized carbons (Fsp3) is 0.294. The van der Waals surface area contributed by atoms with Crippen LogP contribution in [0, 0.1) is 0 Å². The molecule has 230 valence electrons. The number of halogens is 3. The number of fused-ring (bicyclic) bond motifs is 1. The van der Waals surface area contributed by atoms with Crippen molar-refractivity contribution in [3.63, 3.8) is 0 Å². The van der Waals surface area contributed by atoms with Gasteiger partial charge in [0, 0.05) is 28.3 Å². The Labute approximate surface area is 271 Å². The minimum atomic E-state index is -1.29. The molecule has 2 heterocycles. The van der Waals surface area contributed by atoms with E-state index in [1.807, 2.05) is 38.1 Å². The molecule has 0 aliphatic carbocycles. The van der Waals surface area contributed by atoms with E-state index in [1.54, 1.807) is 44.4 Å². The molecule has 5 rings (SSSR count). The number of amides is 1. The number of ether oxygens (including phenoxy) is 2. The lowest BCUT2D eigenvalue weighted by Gasteiger charge is -2.40. The lowest BCUT2D eigenvalue weighted by Crippen LogP contribution is -2.44. The molecule has 0 saturated heterocycles. The van der Waals surface area contributed by atoms with Gasteiger partial charge in [-0.3, -0.25) is 4.79 Å². The number of para-hydroxylation sites is 1. The Hall–Kier alpha value is -3.49. The average molecular weight is 656 g/mol. The minimum Gasteiger partial charge on any atom is -0.507 e. The molecule has 7 nitrogen and oxygen atoms in total. The summed E-state index contributed by atoms with van der Waals surface area (Å²) in [7, 11) is 1.55. The Bertz CT molecular complexity index is 1720. The number of phenols is 1. The van der Waals surface area contributed by atoms with Gasteiger partial charge >= 0.3 is 0 Å². The normalized spacial score (nSPS) is 16.8. The van der Waals surface area contributed by atoms with Crippen LogP contribution >= 0.6 is 34.8 Å². The summed E-state index contributed by atoms with van der Waals surface area (Å²) in [5, 5.41) is 25.7. The van der Waals surface area contributed by atoms with E-state index in [1.165, 1.54) is 12.1 Å². The minimum absolute atomic E-state index is 0.0274. The Kier molecular flexibility index (Phi) is 9.06. The van der Waals surface area contributed by atoms with Crippen molar-refractivity contribution in [2.24, 2.45) is 0 Å². The van der Waals surface area contributed by atoms with Crippen LogP contribution in [0.3, 0.4) is 0 Å². The van der Waals surface area contributed by atoms with E-state index in [4.69, 9.17) is 49.3 Å². The van der Waals surface area contributed by atoms with Crippen LogP contribution in [0.4, 0.5) is 0 Å². The molecule has 1 aliphatic rings. The lowest BCUT2D eigenvalue weighted by molar-refractivity contribution is 0.0159. The van der Waals surface area contributed by atoms with Gasteiger partial charge in [0.2, 0.25) is 5.88 Å². The molecule has 2 atom stereocenters. The molecular weight excluding hydrogens is 623 g/mol. The van der Waals surface area contributed by atoms with Gasteiger partial charge in [-0.15, -0.1) is 0 Å². The Balaban J connectivity index is 1.56. The molecular formula is C34H33Cl3N2O5. The van der Waals surface area contributed by atoms with Crippen molar-refractivity contribution in [1.29, 1.82) is 0 Å². The van der Waals surface area contributed by atoms with Crippen molar-refractivity contribution in [2.45, 2.75) is 50.7 Å². The zero-order chi connectivity index (χ0) is 31.8. The van der Waals surface area contributed by atoms with E-state index in [2.05, 4.69) is 5.32 Å². The summed E-state index contributed by atoms with van der Waals surface area (Å²) in [4.78, 5) is 17.8. The van der Waals surface area contributed by atoms with Gasteiger partial charge in [0.05, 0.1) is 34.0 Å². The van der Waals surface area contributed by atoms with Gasteiger partial charge in [0.25, 0.3) is 5.91 Å². The Morgan fingerprint density at radius 2 is 1.82 bits per heavy atom. The number of nitrogens with one attached hydrogen (secondary N) is 1. The first-order valence-electron chi connectivity index (χ1n) is 14.1. The van der Waals surface area contributed by atoms with Crippen LogP contribution in [0.1, 0.15) is 55.5 Å². The predicted octanol–water partition coefficient (Wildman–Crippen LogP) is 8.31. The van der Waals surface area contributed by atoms with Gasteiger partial charge in [0.1, 0.15) is 17.1 Å². The van der Waals surface area contributed by atoms with Gasteiger partial charge in [-0.25, -0.2) is 4.98 Å². The van der Waals surface area contributed by atoms with Crippen LogP contribution in [0.15, 0.2) is 66.7 Å². The molecule has 3 aromatic carbocycles.